The molecule has 76 heavy (non-hydrogen) atoms. The number of azo groups is 4. The number of fused-ring (bicyclic) bond motifs is 2. The first-order chi connectivity index (χ1) is 36.4. The molecule has 0 aliphatic heterocycles. The number of aromatic carboxylic acids is 4. The van der Waals surface area contributed by atoms with Gasteiger partial charge in [-0.3, -0.25) is 4.55 Å². The largest absolute Gasteiger partial charge is 0.478 e. The second-order valence-corrected chi connectivity index (χ2v) is 17.7. The lowest BCUT2D eigenvalue weighted by Gasteiger charge is -2.08. The van der Waals surface area contributed by atoms with Gasteiger partial charge in [0.05, 0.1) is 84.7 Å². The number of carboxylic acid groups (broad SMARTS) is 4. The Morgan fingerprint density at radius 1 is 0.421 bits per heavy atom. The van der Waals surface area contributed by atoms with Crippen LogP contribution in [0.1, 0.15) is 41.4 Å². The van der Waals surface area contributed by atoms with Gasteiger partial charge in [0.25, 0.3) is 10.1 Å². The van der Waals surface area contributed by atoms with Crippen molar-refractivity contribution in [3.8, 4) is 0 Å². The molecular weight excluding hydrogens is 1030 g/mol. The van der Waals surface area contributed by atoms with Crippen LogP contribution in [0.25, 0.3) is 21.5 Å². The maximum atomic E-state index is 13.0. The first kappa shape index (κ1) is 52.3. The maximum absolute atomic E-state index is 13.0. The number of nitrogens with one attached hydrogen (secondary N) is 2. The summed E-state index contributed by atoms with van der Waals surface area (Å²) in [5.74, 6) is -5.46. The number of rotatable bonds is 18. The second-order valence-electron chi connectivity index (χ2n) is 15.6. The van der Waals surface area contributed by atoms with Crippen molar-refractivity contribution >= 4 is 130 Å². The molecular formula is C49H32N10O15S2. The van der Waals surface area contributed by atoms with Crippen molar-refractivity contribution in [1.82, 2.24) is 0 Å². The molecule has 0 heterocycles. The molecule has 2 amide bonds. The standard InChI is InChI=1S/C49H32N10O15S2/c60-45(61)25-17-26(46(62)63)20-33(19-25)54-56-41-13-15-43(39-23-35(75-74-73-69)9-11-37(39)41)58-52-31-5-1-29(2-6-31)50-49(68)51-30-3-7-32(8-4-30)53-59-44-16-14-42(38-12-10-36(24-40(38)44)76(70,71)72)57-55-34-21-27(47(64)65)18-28(22-34)48(66)67/h1-24,69H,(H,60,61)(H,62,63)(H,64,65)(H,66,67)(H2,50,51,68)(H,70,71,72). The van der Waals surface area contributed by atoms with Crippen molar-refractivity contribution in [1.29, 1.82) is 0 Å². The summed E-state index contributed by atoms with van der Waals surface area (Å²) in [4.78, 5) is 59.3. The SMILES string of the molecule is O=C(Nc1ccc(N=Nc2ccc(N=Nc3cc(C(=O)O)cc(C(=O)O)c3)c3ccc(SOOO)cc23)cc1)Nc1ccc(N=Nc2ccc(N=Nc3cc(C(=O)O)cc(C(=O)O)c3)c3ccc(S(=O)(=O)O)cc23)cc1. The molecule has 0 saturated carbocycles. The molecule has 8 aromatic carbocycles. The van der Waals surface area contributed by atoms with Crippen LogP contribution in [0.3, 0.4) is 0 Å². The number of hydrogen-bond acceptors (Lipinski definition) is 19. The molecule has 0 unspecified atom stereocenters. The molecule has 8 aromatic rings. The van der Waals surface area contributed by atoms with Crippen molar-refractivity contribution in [3.05, 3.63) is 168 Å². The molecule has 0 bridgehead atoms. The molecule has 0 aromatic heterocycles. The molecule has 380 valence electrons. The smallest absolute Gasteiger partial charge is 0.335 e. The number of benzene rings is 8. The van der Waals surface area contributed by atoms with E-state index in [1.54, 1.807) is 78.9 Å². The Hall–Kier alpha value is -10.0. The van der Waals surface area contributed by atoms with Gasteiger partial charge in [-0.2, -0.15) is 28.9 Å². The molecule has 0 saturated heterocycles. The lowest BCUT2D eigenvalue weighted by molar-refractivity contribution is -0.432. The van der Waals surface area contributed by atoms with Crippen LogP contribution in [-0.2, 0) is 19.5 Å². The van der Waals surface area contributed by atoms with E-state index in [4.69, 9.17) is 5.26 Å². The highest BCUT2D eigenvalue weighted by Gasteiger charge is 2.17. The van der Waals surface area contributed by atoms with Gasteiger partial charge < -0.3 is 31.1 Å². The van der Waals surface area contributed by atoms with Gasteiger partial charge in [-0.15, -0.1) is 24.8 Å². The van der Waals surface area contributed by atoms with E-state index < -0.39 is 44.9 Å². The van der Waals surface area contributed by atoms with Crippen molar-refractivity contribution in [2.24, 2.45) is 40.9 Å². The zero-order chi connectivity index (χ0) is 54.1. The fourth-order valence-corrected chi connectivity index (χ4v) is 7.91. The van der Waals surface area contributed by atoms with Gasteiger partial charge in [0.1, 0.15) is 0 Å². The third-order valence-corrected chi connectivity index (χ3v) is 11.9. The van der Waals surface area contributed by atoms with Crippen molar-refractivity contribution in [2.75, 3.05) is 10.6 Å². The average Bonchev–Trinajstić information content (AvgIpc) is 3.41. The van der Waals surface area contributed by atoms with E-state index in [0.717, 1.165) is 36.4 Å². The minimum absolute atomic E-state index is 0.0152. The predicted molar refractivity (Wildman–Crippen MR) is 271 cm³/mol. The van der Waals surface area contributed by atoms with E-state index >= 15 is 0 Å². The van der Waals surface area contributed by atoms with Crippen molar-refractivity contribution < 1.29 is 72.0 Å². The highest BCUT2D eigenvalue weighted by atomic mass is 32.2. The number of hydrogen-bond donors (Lipinski definition) is 8. The molecule has 8 rings (SSSR count). The molecule has 8 N–H and O–H groups in total. The minimum Gasteiger partial charge on any atom is -0.478 e. The number of carbonyl (C=O) groups is 5. The minimum atomic E-state index is -4.66. The summed E-state index contributed by atoms with van der Waals surface area (Å²) >= 11 is 0.693. The average molecular weight is 1060 g/mol. The monoisotopic (exact) mass is 1060 g/mol. The summed E-state index contributed by atoms with van der Waals surface area (Å²) < 4.78 is 38.5. The van der Waals surface area contributed by atoms with Crippen LogP contribution in [0.4, 0.5) is 61.7 Å². The Labute approximate surface area is 430 Å². The summed E-state index contributed by atoms with van der Waals surface area (Å²) in [6, 6.07) is 33.2. The lowest BCUT2D eigenvalue weighted by Crippen LogP contribution is -2.19. The molecule has 27 heteroatoms. The van der Waals surface area contributed by atoms with Crippen LogP contribution in [0.2, 0.25) is 0 Å². The number of nitrogens with zero attached hydrogens (tertiary/aromatic N) is 8. The van der Waals surface area contributed by atoms with Gasteiger partial charge in [0.15, 0.2) is 0 Å². The zero-order valence-corrected chi connectivity index (χ0v) is 39.7. The van der Waals surface area contributed by atoms with E-state index in [2.05, 4.69) is 60.9 Å². The lowest BCUT2D eigenvalue weighted by atomic mass is 10.1. The topological polar surface area (TPSA) is 382 Å². The normalized spacial score (nSPS) is 11.8. The molecule has 0 aliphatic rings. The van der Waals surface area contributed by atoms with Gasteiger partial charge in [-0.05, 0) is 133 Å². The summed E-state index contributed by atoms with van der Waals surface area (Å²) in [6.07, 6.45) is 0. The Bertz CT molecular complexity index is 3830. The van der Waals surface area contributed by atoms with Gasteiger partial charge in [-0.1, -0.05) is 17.2 Å². The summed E-state index contributed by atoms with van der Waals surface area (Å²) in [5, 5.41) is 90.8. The molecule has 0 fully saturated rings. The fourth-order valence-electron chi connectivity index (χ4n) is 7.00. The van der Waals surface area contributed by atoms with E-state index in [0.29, 0.717) is 67.2 Å². The van der Waals surface area contributed by atoms with Crippen LogP contribution < -0.4 is 10.6 Å². The summed E-state index contributed by atoms with van der Waals surface area (Å²) in [7, 11) is -4.66. The van der Waals surface area contributed by atoms with E-state index in [-0.39, 0.29) is 50.4 Å². The van der Waals surface area contributed by atoms with Crippen LogP contribution in [-0.4, -0.2) is 68.6 Å². The Balaban J connectivity index is 0.938. The number of carbonyl (C=O) groups excluding carboxylic acids is 1. The van der Waals surface area contributed by atoms with E-state index in [1.165, 1.54) is 30.3 Å². The van der Waals surface area contributed by atoms with Gasteiger partial charge in [0, 0.05) is 37.8 Å². The first-order valence-electron chi connectivity index (χ1n) is 21.3. The van der Waals surface area contributed by atoms with Crippen LogP contribution in [0.5, 0.6) is 0 Å². The van der Waals surface area contributed by atoms with Gasteiger partial charge >= 0.3 is 29.9 Å². The molecule has 0 aliphatic carbocycles. The Morgan fingerprint density at radius 3 is 1.17 bits per heavy atom. The predicted octanol–water partition coefficient (Wildman–Crippen LogP) is 13.8. The Morgan fingerprint density at radius 2 is 0.789 bits per heavy atom. The maximum Gasteiger partial charge on any atom is 0.335 e. The molecule has 0 spiro atoms. The van der Waals surface area contributed by atoms with Gasteiger partial charge in [0.2, 0.25) is 0 Å². The third-order valence-electron chi connectivity index (χ3n) is 10.5. The summed E-state index contributed by atoms with van der Waals surface area (Å²) in [5.41, 5.74) is 1.12. The van der Waals surface area contributed by atoms with Crippen LogP contribution in [0, 0.1) is 0 Å². The van der Waals surface area contributed by atoms with Crippen molar-refractivity contribution in [2.45, 2.75) is 9.79 Å². The van der Waals surface area contributed by atoms with Crippen LogP contribution >= 0.6 is 12.0 Å². The third kappa shape index (κ3) is 12.9. The van der Waals surface area contributed by atoms with E-state index in [9.17, 15) is 57.4 Å². The number of urea groups is 1. The van der Waals surface area contributed by atoms with E-state index in [1.807, 2.05) is 0 Å². The van der Waals surface area contributed by atoms with Crippen LogP contribution in [0.15, 0.2) is 196 Å². The quantitative estimate of drug-likeness (QED) is 0.0130. The summed E-state index contributed by atoms with van der Waals surface area (Å²) in [6.45, 7) is 0. The number of anilines is 2. The number of amides is 2. The zero-order valence-electron chi connectivity index (χ0n) is 38.1. The number of carboxylic acids is 4. The molecule has 0 atom stereocenters. The highest BCUT2D eigenvalue weighted by molar-refractivity contribution is 7.94. The second kappa shape index (κ2) is 22.8. The fraction of sp³-hybridized carbons (Fsp3) is 0. The van der Waals surface area contributed by atoms with Gasteiger partial charge in [-0.25, -0.2) is 29.2 Å². The molecule has 25 nitrogen and oxygen atoms in total. The first-order valence-corrected chi connectivity index (χ1v) is 23.5. The Kier molecular flexibility index (Phi) is 15.7. The van der Waals surface area contributed by atoms with Crippen molar-refractivity contribution in [3.63, 3.8) is 0 Å². The molecule has 0 radical (unpaired) electrons. The highest BCUT2D eigenvalue weighted by Crippen LogP contribution is 2.39.